The van der Waals surface area contributed by atoms with Gasteiger partial charge in [0.1, 0.15) is 22.4 Å². The molecule has 0 bridgehead atoms. The average molecular weight is 414 g/mol. The summed E-state index contributed by atoms with van der Waals surface area (Å²) >= 11 is 7.07. The zero-order valence-electron chi connectivity index (χ0n) is 14.9. The first kappa shape index (κ1) is 19.8. The lowest BCUT2D eigenvalue weighted by atomic mass is 10.1. The molecule has 2 aromatic rings. The van der Waals surface area contributed by atoms with Gasteiger partial charge in [0.05, 0.1) is 18.0 Å². The van der Waals surface area contributed by atoms with Crippen LogP contribution in [0.25, 0.3) is 0 Å². The van der Waals surface area contributed by atoms with E-state index in [1.54, 1.807) is 36.4 Å². The molecule has 6 nitrogen and oxygen atoms in total. The minimum absolute atomic E-state index is 0.229. The maximum atomic E-state index is 13.2. The first-order chi connectivity index (χ1) is 13.4. The van der Waals surface area contributed by atoms with Crippen LogP contribution in [0.1, 0.15) is 5.56 Å². The Morgan fingerprint density at radius 1 is 1.32 bits per heavy atom. The predicted octanol–water partition coefficient (Wildman–Crippen LogP) is 3.26. The maximum Gasteiger partial charge on any atom is 0.262 e. The number of rotatable bonds is 5. The SMILES string of the molecule is COc1cccc(N2C(=O)C(Cc3ccc(Cl)cc3)SC2=C(C#N)C(N)=O)c1. The second kappa shape index (κ2) is 8.38. The van der Waals surface area contributed by atoms with Crippen LogP contribution in [-0.2, 0) is 16.0 Å². The predicted molar refractivity (Wildman–Crippen MR) is 109 cm³/mol. The summed E-state index contributed by atoms with van der Waals surface area (Å²) < 4.78 is 5.22. The van der Waals surface area contributed by atoms with Crippen molar-refractivity contribution in [3.63, 3.8) is 0 Å². The molecule has 3 rings (SSSR count). The number of methoxy groups -OCH3 is 1. The number of hydrogen-bond donors (Lipinski definition) is 1. The molecule has 28 heavy (non-hydrogen) atoms. The summed E-state index contributed by atoms with van der Waals surface area (Å²) in [6, 6.07) is 15.9. The van der Waals surface area contributed by atoms with Crippen molar-refractivity contribution in [3.05, 3.63) is 69.7 Å². The number of halogens is 1. The second-order valence-corrected chi connectivity index (χ2v) is 7.60. The minimum Gasteiger partial charge on any atom is -0.497 e. The Morgan fingerprint density at radius 3 is 2.64 bits per heavy atom. The summed E-state index contributed by atoms with van der Waals surface area (Å²) in [6.45, 7) is 0. The molecule has 142 valence electrons. The summed E-state index contributed by atoms with van der Waals surface area (Å²) in [6.07, 6.45) is 0.419. The number of amides is 2. The van der Waals surface area contributed by atoms with Crippen molar-refractivity contribution in [3.8, 4) is 11.8 Å². The van der Waals surface area contributed by atoms with Crippen LogP contribution in [-0.4, -0.2) is 24.2 Å². The Kier molecular flexibility index (Phi) is 5.93. The van der Waals surface area contributed by atoms with E-state index < -0.39 is 11.2 Å². The molecule has 8 heteroatoms. The van der Waals surface area contributed by atoms with Crippen molar-refractivity contribution in [2.75, 3.05) is 12.0 Å². The van der Waals surface area contributed by atoms with E-state index >= 15 is 0 Å². The van der Waals surface area contributed by atoms with E-state index in [4.69, 9.17) is 22.1 Å². The van der Waals surface area contributed by atoms with E-state index in [-0.39, 0.29) is 16.5 Å². The van der Waals surface area contributed by atoms with Gasteiger partial charge in [-0.2, -0.15) is 5.26 Å². The number of ether oxygens (including phenoxy) is 1. The molecule has 1 aliphatic heterocycles. The third-order valence-corrected chi connectivity index (χ3v) is 5.69. The zero-order valence-corrected chi connectivity index (χ0v) is 16.5. The molecule has 0 aromatic heterocycles. The molecule has 2 aromatic carbocycles. The molecule has 1 unspecified atom stereocenters. The molecule has 0 radical (unpaired) electrons. The van der Waals surface area contributed by atoms with E-state index in [9.17, 15) is 14.9 Å². The summed E-state index contributed by atoms with van der Waals surface area (Å²) in [5.41, 5.74) is 6.54. The van der Waals surface area contributed by atoms with Crippen LogP contribution < -0.4 is 15.4 Å². The Hall–Kier alpha value is -2.95. The third-order valence-electron chi connectivity index (χ3n) is 4.17. The summed E-state index contributed by atoms with van der Waals surface area (Å²) in [5, 5.41) is 9.74. The van der Waals surface area contributed by atoms with Gasteiger partial charge in [-0.05, 0) is 36.2 Å². The molecule has 1 saturated heterocycles. The van der Waals surface area contributed by atoms with E-state index in [0.29, 0.717) is 22.9 Å². The molecular weight excluding hydrogens is 398 g/mol. The third kappa shape index (κ3) is 3.98. The number of hydrogen-bond acceptors (Lipinski definition) is 5. The van der Waals surface area contributed by atoms with Crippen molar-refractivity contribution in [1.29, 1.82) is 5.26 Å². The van der Waals surface area contributed by atoms with Crippen molar-refractivity contribution in [1.82, 2.24) is 0 Å². The highest BCUT2D eigenvalue weighted by Gasteiger charge is 2.40. The lowest BCUT2D eigenvalue weighted by molar-refractivity contribution is -0.117. The van der Waals surface area contributed by atoms with Crippen molar-refractivity contribution in [2.45, 2.75) is 11.7 Å². The first-order valence-electron chi connectivity index (χ1n) is 8.28. The fourth-order valence-electron chi connectivity index (χ4n) is 2.82. The summed E-state index contributed by atoms with van der Waals surface area (Å²) in [5.74, 6) is -0.566. The van der Waals surface area contributed by atoms with E-state index in [0.717, 1.165) is 17.3 Å². The van der Waals surface area contributed by atoms with E-state index in [1.807, 2.05) is 18.2 Å². The molecule has 2 amide bonds. The monoisotopic (exact) mass is 413 g/mol. The van der Waals surface area contributed by atoms with Gasteiger partial charge in [0.25, 0.3) is 5.91 Å². The highest BCUT2D eigenvalue weighted by molar-refractivity contribution is 8.05. The molecule has 1 fully saturated rings. The normalized spacial score (nSPS) is 18.0. The number of nitrogens with zero attached hydrogens (tertiary/aromatic N) is 2. The Balaban J connectivity index is 2.03. The average Bonchev–Trinajstić information content (AvgIpc) is 3.00. The van der Waals surface area contributed by atoms with Gasteiger partial charge in [0, 0.05) is 11.1 Å². The molecular formula is C20H16ClN3O3S. The quantitative estimate of drug-likeness (QED) is 0.599. The molecule has 0 aliphatic carbocycles. The summed E-state index contributed by atoms with van der Waals surface area (Å²) in [4.78, 5) is 26.3. The fraction of sp³-hybridized carbons (Fsp3) is 0.150. The van der Waals surface area contributed by atoms with Gasteiger partial charge < -0.3 is 10.5 Å². The van der Waals surface area contributed by atoms with Gasteiger partial charge in [0.15, 0.2) is 0 Å². The molecule has 1 aliphatic rings. The van der Waals surface area contributed by atoms with Crippen LogP contribution >= 0.6 is 23.4 Å². The molecule has 2 N–H and O–H groups in total. The zero-order chi connectivity index (χ0) is 20.3. The van der Waals surface area contributed by atoms with E-state index in [2.05, 4.69) is 0 Å². The van der Waals surface area contributed by atoms with Gasteiger partial charge in [0.2, 0.25) is 5.91 Å². The Bertz CT molecular complexity index is 999. The Morgan fingerprint density at radius 2 is 2.04 bits per heavy atom. The van der Waals surface area contributed by atoms with E-state index in [1.165, 1.54) is 12.0 Å². The number of thioether (sulfide) groups is 1. The molecule has 0 saturated carbocycles. The highest BCUT2D eigenvalue weighted by atomic mass is 35.5. The topological polar surface area (TPSA) is 96.4 Å². The summed E-state index contributed by atoms with van der Waals surface area (Å²) in [7, 11) is 1.52. The van der Waals surface area contributed by atoms with Gasteiger partial charge in [-0.3, -0.25) is 14.5 Å². The number of nitriles is 1. The molecule has 0 spiro atoms. The number of primary amides is 1. The number of anilines is 1. The number of carbonyl (C=O) groups is 2. The number of nitrogens with two attached hydrogens (primary N) is 1. The van der Waals surface area contributed by atoms with Crippen LogP contribution in [0, 0.1) is 11.3 Å². The standard InChI is InChI=1S/C20H16ClN3O3S/c1-27-15-4-2-3-14(10-15)24-19(26)17(9-12-5-7-13(21)8-6-12)28-20(24)16(11-22)18(23)25/h2-8,10,17H,9H2,1H3,(H2,23,25). The highest BCUT2D eigenvalue weighted by Crippen LogP contribution is 2.42. The minimum atomic E-state index is -0.877. The lowest BCUT2D eigenvalue weighted by Crippen LogP contribution is -2.31. The van der Waals surface area contributed by atoms with Crippen LogP contribution in [0.15, 0.2) is 59.1 Å². The largest absolute Gasteiger partial charge is 0.497 e. The second-order valence-electron chi connectivity index (χ2n) is 5.97. The Labute approximate surface area is 171 Å². The van der Waals surface area contributed by atoms with Crippen LogP contribution in [0.4, 0.5) is 5.69 Å². The molecule has 1 heterocycles. The van der Waals surface area contributed by atoms with Crippen LogP contribution in [0.5, 0.6) is 5.75 Å². The fourth-order valence-corrected chi connectivity index (χ4v) is 4.26. The van der Waals surface area contributed by atoms with Gasteiger partial charge in [-0.15, -0.1) is 0 Å². The number of carbonyl (C=O) groups excluding carboxylic acids is 2. The van der Waals surface area contributed by atoms with Gasteiger partial charge in [-0.25, -0.2) is 0 Å². The van der Waals surface area contributed by atoms with Crippen molar-refractivity contribution in [2.24, 2.45) is 5.73 Å². The van der Waals surface area contributed by atoms with Crippen LogP contribution in [0.3, 0.4) is 0 Å². The van der Waals surface area contributed by atoms with Crippen LogP contribution in [0.2, 0.25) is 5.02 Å². The first-order valence-corrected chi connectivity index (χ1v) is 9.53. The smallest absolute Gasteiger partial charge is 0.262 e. The van der Waals surface area contributed by atoms with Crippen molar-refractivity contribution < 1.29 is 14.3 Å². The molecule has 1 atom stereocenters. The van der Waals surface area contributed by atoms with Gasteiger partial charge >= 0.3 is 0 Å². The lowest BCUT2D eigenvalue weighted by Gasteiger charge is -2.18. The van der Waals surface area contributed by atoms with Gasteiger partial charge in [-0.1, -0.05) is 41.6 Å². The van der Waals surface area contributed by atoms with Crippen molar-refractivity contribution >= 4 is 40.9 Å². The maximum absolute atomic E-state index is 13.2. The number of benzene rings is 2.